The van der Waals surface area contributed by atoms with Crippen molar-refractivity contribution < 1.29 is 19.8 Å². The summed E-state index contributed by atoms with van der Waals surface area (Å²) in [6.07, 6.45) is 1.57. The largest absolute Gasteiger partial charge is 0.479 e. The van der Waals surface area contributed by atoms with Crippen LogP contribution in [0.15, 0.2) is 33.3 Å². The van der Waals surface area contributed by atoms with Crippen molar-refractivity contribution in [2.24, 2.45) is 5.10 Å². The van der Waals surface area contributed by atoms with Gasteiger partial charge in [0.05, 0.1) is 10.7 Å². The number of aromatic nitrogens is 3. The van der Waals surface area contributed by atoms with Crippen molar-refractivity contribution >= 4 is 58.3 Å². The summed E-state index contributed by atoms with van der Waals surface area (Å²) < 4.78 is 1.04. The molecule has 184 valence electrons. The van der Waals surface area contributed by atoms with Crippen LogP contribution in [-0.4, -0.2) is 54.5 Å². The number of thioether (sulfide) groups is 1. The van der Waals surface area contributed by atoms with Gasteiger partial charge in [-0.15, -0.1) is 10.2 Å². The van der Waals surface area contributed by atoms with Gasteiger partial charge in [-0.25, -0.2) is 14.6 Å². The Bertz CT molecular complexity index is 1210. The van der Waals surface area contributed by atoms with Gasteiger partial charge in [-0.1, -0.05) is 55.7 Å². The minimum Gasteiger partial charge on any atom is -0.479 e. The van der Waals surface area contributed by atoms with E-state index in [4.69, 9.17) is 34.2 Å². The molecule has 1 atom stereocenters. The highest BCUT2D eigenvalue weighted by molar-refractivity contribution is 7.98. The Labute approximate surface area is 209 Å². The van der Waals surface area contributed by atoms with E-state index in [1.165, 1.54) is 36.9 Å². The Morgan fingerprint density at radius 1 is 1.21 bits per heavy atom. The van der Waals surface area contributed by atoms with E-state index in [-0.39, 0.29) is 33.8 Å². The minimum absolute atomic E-state index is 0.195. The van der Waals surface area contributed by atoms with Gasteiger partial charge in [-0.3, -0.25) is 4.79 Å². The number of carboxylic acid groups (broad SMARTS) is 2. The molecule has 14 heteroatoms. The van der Waals surface area contributed by atoms with Gasteiger partial charge in [0, 0.05) is 16.9 Å². The number of halogens is 2. The van der Waals surface area contributed by atoms with E-state index in [2.05, 4.69) is 15.3 Å². The third-order valence-corrected chi connectivity index (χ3v) is 5.98. The molecule has 2 aromatic rings. The fourth-order valence-corrected chi connectivity index (χ4v) is 3.81. The van der Waals surface area contributed by atoms with Gasteiger partial charge in [0.15, 0.2) is 5.54 Å². The Balaban J connectivity index is 0.000000257. The summed E-state index contributed by atoms with van der Waals surface area (Å²) in [5.74, 6) is 3.12. The molecule has 0 fully saturated rings. The van der Waals surface area contributed by atoms with Gasteiger partial charge in [0.25, 0.3) is 5.56 Å². The lowest BCUT2D eigenvalue weighted by Gasteiger charge is -2.30. The first-order valence-electron chi connectivity index (χ1n) is 9.72. The van der Waals surface area contributed by atoms with Crippen LogP contribution in [0.1, 0.15) is 39.8 Å². The van der Waals surface area contributed by atoms with Crippen LogP contribution in [0.4, 0.5) is 5.69 Å². The molecule has 34 heavy (non-hydrogen) atoms. The Kier molecular flexibility index (Phi) is 8.22. The zero-order chi connectivity index (χ0) is 26.0. The summed E-state index contributed by atoms with van der Waals surface area (Å²) >= 11 is 13.1. The summed E-state index contributed by atoms with van der Waals surface area (Å²) in [5.41, 5.74) is -1.68. The molecule has 1 aliphatic rings. The molecule has 1 unspecified atom stereocenters. The second kappa shape index (κ2) is 10.2. The zero-order valence-electron chi connectivity index (χ0n) is 19.0. The number of rotatable bonds is 4. The summed E-state index contributed by atoms with van der Waals surface area (Å²) in [6.45, 7) is 7.09. The third-order valence-electron chi connectivity index (χ3n) is 4.80. The van der Waals surface area contributed by atoms with Crippen LogP contribution in [0.3, 0.4) is 0 Å². The molecule has 11 nitrogen and oxygen atoms in total. The SMILES string of the molecule is CC1(C(=O)O)CC(C(=O)O)=NN1c1ccc(Cl)cc1Cl.CSc1nnc(C(C)(C)C)c(=O)n1N. The lowest BCUT2D eigenvalue weighted by molar-refractivity contribution is -0.142. The average molecular weight is 531 g/mol. The Morgan fingerprint density at radius 2 is 1.82 bits per heavy atom. The molecule has 0 saturated heterocycles. The van der Waals surface area contributed by atoms with E-state index in [1.807, 2.05) is 20.8 Å². The number of hydrazone groups is 1. The number of aliphatic carboxylic acids is 2. The molecule has 0 saturated carbocycles. The van der Waals surface area contributed by atoms with E-state index in [1.54, 1.807) is 6.26 Å². The molecule has 1 aromatic carbocycles. The highest BCUT2D eigenvalue weighted by atomic mass is 35.5. The third kappa shape index (κ3) is 5.62. The summed E-state index contributed by atoms with van der Waals surface area (Å²) in [5, 5.41) is 32.1. The van der Waals surface area contributed by atoms with Gasteiger partial charge in [0.2, 0.25) is 5.16 Å². The molecule has 0 radical (unpaired) electrons. The molecule has 0 spiro atoms. The van der Waals surface area contributed by atoms with Crippen molar-refractivity contribution in [1.29, 1.82) is 0 Å². The number of carboxylic acids is 2. The van der Waals surface area contributed by atoms with Crippen LogP contribution in [0, 0.1) is 0 Å². The molecule has 4 N–H and O–H groups in total. The van der Waals surface area contributed by atoms with Crippen LogP contribution in [0.5, 0.6) is 0 Å². The number of nitrogens with zero attached hydrogens (tertiary/aromatic N) is 5. The molecule has 1 aliphatic heterocycles. The topological polar surface area (TPSA) is 164 Å². The van der Waals surface area contributed by atoms with Crippen molar-refractivity contribution in [1.82, 2.24) is 14.9 Å². The number of nitrogens with two attached hydrogens (primary N) is 1. The maximum Gasteiger partial charge on any atom is 0.352 e. The van der Waals surface area contributed by atoms with E-state index < -0.39 is 17.5 Å². The number of benzene rings is 1. The lowest BCUT2D eigenvalue weighted by atomic mass is 9.93. The zero-order valence-corrected chi connectivity index (χ0v) is 21.4. The normalized spacial score (nSPS) is 17.6. The summed E-state index contributed by atoms with van der Waals surface area (Å²) in [6, 6.07) is 4.47. The molecular formula is C20H24Cl2N6O5S. The van der Waals surface area contributed by atoms with Gasteiger partial charge in [-0.2, -0.15) is 9.78 Å². The van der Waals surface area contributed by atoms with Gasteiger partial charge in [0.1, 0.15) is 11.4 Å². The predicted molar refractivity (Wildman–Crippen MR) is 132 cm³/mol. The minimum atomic E-state index is -1.51. The van der Waals surface area contributed by atoms with Gasteiger partial charge >= 0.3 is 11.9 Å². The van der Waals surface area contributed by atoms with Gasteiger partial charge < -0.3 is 16.1 Å². The molecule has 3 rings (SSSR count). The fourth-order valence-electron chi connectivity index (χ4n) is 2.92. The van der Waals surface area contributed by atoms with E-state index in [9.17, 15) is 19.5 Å². The van der Waals surface area contributed by atoms with Crippen molar-refractivity contribution in [3.63, 3.8) is 0 Å². The maximum atomic E-state index is 11.7. The van der Waals surface area contributed by atoms with E-state index in [0.29, 0.717) is 15.9 Å². The first kappa shape index (κ1) is 27.4. The van der Waals surface area contributed by atoms with Crippen molar-refractivity contribution in [2.45, 2.75) is 50.2 Å². The standard InChI is InChI=1S/C12H10Cl2N2O4.C8H14N4OS/c1-12(11(19)20)5-8(10(17)18)15-16(12)9-3-2-6(13)4-7(9)14;1-8(2,3)5-6(13)12(9)7(14-4)11-10-5/h2-4H,5H2,1H3,(H,17,18)(H,19,20);9H2,1-4H3. The number of hydrogen-bond donors (Lipinski definition) is 3. The quantitative estimate of drug-likeness (QED) is 0.395. The number of carbonyl (C=O) groups is 2. The van der Waals surface area contributed by atoms with E-state index in [0.717, 1.165) is 9.69 Å². The second-order valence-corrected chi connectivity index (χ2v) is 10.1. The van der Waals surface area contributed by atoms with Crippen LogP contribution in [0.25, 0.3) is 0 Å². The van der Waals surface area contributed by atoms with E-state index >= 15 is 0 Å². The van der Waals surface area contributed by atoms with Crippen LogP contribution >= 0.6 is 35.0 Å². The highest BCUT2D eigenvalue weighted by Crippen LogP contribution is 2.38. The Morgan fingerprint density at radius 3 is 2.29 bits per heavy atom. The molecule has 1 aromatic heterocycles. The summed E-state index contributed by atoms with van der Waals surface area (Å²) in [4.78, 5) is 34.2. The molecule has 0 amide bonds. The summed E-state index contributed by atoms with van der Waals surface area (Å²) in [7, 11) is 0. The molecule has 0 bridgehead atoms. The lowest BCUT2D eigenvalue weighted by Crippen LogP contribution is -2.47. The Hall–Kier alpha value is -2.83. The van der Waals surface area contributed by atoms with Crippen LogP contribution < -0.4 is 16.4 Å². The van der Waals surface area contributed by atoms with Crippen LogP contribution in [0.2, 0.25) is 10.0 Å². The maximum absolute atomic E-state index is 11.7. The average Bonchev–Trinajstić information content (AvgIpc) is 3.09. The first-order valence-corrected chi connectivity index (χ1v) is 11.7. The number of anilines is 1. The van der Waals surface area contributed by atoms with Crippen molar-refractivity contribution in [3.8, 4) is 0 Å². The molecular weight excluding hydrogens is 507 g/mol. The smallest absolute Gasteiger partial charge is 0.352 e. The number of nitrogen functional groups attached to an aromatic ring is 1. The first-order chi connectivity index (χ1) is 15.6. The monoisotopic (exact) mass is 530 g/mol. The highest BCUT2D eigenvalue weighted by Gasteiger charge is 2.48. The second-order valence-electron chi connectivity index (χ2n) is 8.48. The van der Waals surface area contributed by atoms with Gasteiger partial charge in [-0.05, 0) is 31.4 Å². The predicted octanol–water partition coefficient (Wildman–Crippen LogP) is 2.86. The fraction of sp³-hybridized carbons (Fsp3) is 0.400. The number of hydrogen-bond acceptors (Lipinski definition) is 9. The van der Waals surface area contributed by atoms with Crippen molar-refractivity contribution in [3.05, 3.63) is 44.3 Å². The van der Waals surface area contributed by atoms with Crippen molar-refractivity contribution in [2.75, 3.05) is 17.1 Å². The molecule has 2 heterocycles. The van der Waals surface area contributed by atoms with Crippen LogP contribution in [-0.2, 0) is 15.0 Å². The molecule has 0 aliphatic carbocycles.